The molecule has 0 aliphatic carbocycles. The fraction of sp³-hybridized carbons (Fsp3) is 0.0833. The van der Waals surface area contributed by atoms with Gasteiger partial charge in [-0.15, -0.1) is 5.10 Å². The van der Waals surface area contributed by atoms with Crippen molar-refractivity contribution in [2.45, 2.75) is 6.54 Å². The molecule has 10 heteroatoms. The Labute approximate surface area is 192 Å². The SMILES string of the molecule is O=C(COC(=O)Cn1nc(-c2ccc(F)cc2)oc1=O)Nc1ccc(Oc2ccccc2)cc1. The highest BCUT2D eigenvalue weighted by molar-refractivity contribution is 5.92. The first-order chi connectivity index (χ1) is 16.5. The number of para-hydroxylation sites is 1. The molecular weight excluding hydrogens is 445 g/mol. The molecule has 0 fully saturated rings. The van der Waals surface area contributed by atoms with Crippen molar-refractivity contribution in [2.75, 3.05) is 11.9 Å². The van der Waals surface area contributed by atoms with Gasteiger partial charge in [-0.2, -0.15) is 4.68 Å². The molecule has 172 valence electrons. The number of halogens is 1. The number of amides is 1. The first-order valence-electron chi connectivity index (χ1n) is 10.1. The third kappa shape index (κ3) is 5.94. The van der Waals surface area contributed by atoms with Gasteiger partial charge in [-0.05, 0) is 60.7 Å². The van der Waals surface area contributed by atoms with Gasteiger partial charge >= 0.3 is 11.7 Å². The highest BCUT2D eigenvalue weighted by Crippen LogP contribution is 2.22. The van der Waals surface area contributed by atoms with E-state index < -0.39 is 36.6 Å². The molecule has 0 atom stereocenters. The van der Waals surface area contributed by atoms with Gasteiger partial charge in [-0.3, -0.25) is 9.59 Å². The van der Waals surface area contributed by atoms with E-state index in [1.54, 1.807) is 24.3 Å². The van der Waals surface area contributed by atoms with Crippen LogP contribution in [0.4, 0.5) is 10.1 Å². The number of carbonyl (C=O) groups is 2. The largest absolute Gasteiger partial charge is 0.457 e. The highest BCUT2D eigenvalue weighted by atomic mass is 19.1. The maximum Gasteiger partial charge on any atom is 0.437 e. The van der Waals surface area contributed by atoms with Crippen LogP contribution in [0.1, 0.15) is 0 Å². The molecular formula is C24H18FN3O6. The minimum absolute atomic E-state index is 0.0739. The van der Waals surface area contributed by atoms with Gasteiger partial charge in [0, 0.05) is 11.3 Å². The van der Waals surface area contributed by atoms with E-state index >= 15 is 0 Å². The van der Waals surface area contributed by atoms with E-state index in [4.69, 9.17) is 13.9 Å². The summed E-state index contributed by atoms with van der Waals surface area (Å²) < 4.78 is 29.3. The predicted molar refractivity (Wildman–Crippen MR) is 119 cm³/mol. The number of carbonyl (C=O) groups excluding carboxylic acids is 2. The molecule has 1 amide bonds. The highest BCUT2D eigenvalue weighted by Gasteiger charge is 2.15. The van der Waals surface area contributed by atoms with Gasteiger partial charge in [0.05, 0.1) is 0 Å². The molecule has 0 spiro atoms. The summed E-state index contributed by atoms with van der Waals surface area (Å²) in [5.41, 5.74) is 0.850. The van der Waals surface area contributed by atoms with Gasteiger partial charge in [-0.25, -0.2) is 9.18 Å². The van der Waals surface area contributed by atoms with Gasteiger partial charge < -0.3 is 19.2 Å². The molecule has 1 aromatic heterocycles. The van der Waals surface area contributed by atoms with Crippen molar-refractivity contribution < 1.29 is 27.9 Å². The Kier molecular flexibility index (Phi) is 6.78. The number of benzene rings is 3. The van der Waals surface area contributed by atoms with Crippen molar-refractivity contribution >= 4 is 17.6 Å². The number of hydrogen-bond acceptors (Lipinski definition) is 7. The fourth-order valence-corrected chi connectivity index (χ4v) is 2.86. The lowest BCUT2D eigenvalue weighted by Gasteiger charge is -2.08. The van der Waals surface area contributed by atoms with Crippen LogP contribution >= 0.6 is 0 Å². The number of rotatable bonds is 8. The van der Waals surface area contributed by atoms with E-state index in [0.29, 0.717) is 22.7 Å². The monoisotopic (exact) mass is 463 g/mol. The lowest BCUT2D eigenvalue weighted by atomic mass is 10.2. The van der Waals surface area contributed by atoms with Crippen LogP contribution in [0.25, 0.3) is 11.5 Å². The second-order valence-electron chi connectivity index (χ2n) is 6.99. The summed E-state index contributed by atoms with van der Waals surface area (Å²) in [6.07, 6.45) is 0. The van der Waals surface area contributed by atoms with Gasteiger partial charge in [0.15, 0.2) is 6.61 Å². The molecule has 0 radical (unpaired) electrons. The third-order valence-corrected chi connectivity index (χ3v) is 4.46. The summed E-state index contributed by atoms with van der Waals surface area (Å²) in [5, 5.41) is 6.47. The molecule has 4 rings (SSSR count). The number of ether oxygens (including phenoxy) is 2. The van der Waals surface area contributed by atoms with Crippen molar-refractivity contribution in [1.29, 1.82) is 0 Å². The second-order valence-corrected chi connectivity index (χ2v) is 6.99. The smallest absolute Gasteiger partial charge is 0.437 e. The van der Waals surface area contributed by atoms with Gasteiger partial charge in [0.2, 0.25) is 5.89 Å². The fourth-order valence-electron chi connectivity index (χ4n) is 2.86. The van der Waals surface area contributed by atoms with Gasteiger partial charge in [0.1, 0.15) is 23.9 Å². The quantitative estimate of drug-likeness (QED) is 0.397. The molecule has 0 bridgehead atoms. The maximum absolute atomic E-state index is 13.0. The van der Waals surface area contributed by atoms with E-state index in [-0.39, 0.29) is 5.89 Å². The Hall–Kier alpha value is -4.73. The molecule has 4 aromatic rings. The molecule has 0 unspecified atom stereocenters. The summed E-state index contributed by atoms with van der Waals surface area (Å²) in [4.78, 5) is 36.0. The molecule has 34 heavy (non-hydrogen) atoms. The van der Waals surface area contributed by atoms with Gasteiger partial charge in [0.25, 0.3) is 5.91 Å². The number of esters is 1. The number of aromatic nitrogens is 2. The Bertz CT molecular complexity index is 1330. The van der Waals surface area contributed by atoms with E-state index in [0.717, 1.165) is 4.68 Å². The minimum atomic E-state index is -0.890. The van der Waals surface area contributed by atoms with E-state index in [9.17, 15) is 18.8 Å². The first kappa shape index (κ1) is 22.5. The van der Waals surface area contributed by atoms with Crippen LogP contribution in [0.3, 0.4) is 0 Å². The normalized spacial score (nSPS) is 10.5. The third-order valence-electron chi connectivity index (χ3n) is 4.46. The van der Waals surface area contributed by atoms with Crippen LogP contribution in [0.15, 0.2) is 88.1 Å². The van der Waals surface area contributed by atoms with Crippen LogP contribution in [-0.4, -0.2) is 28.3 Å². The Morgan fingerprint density at radius 2 is 1.62 bits per heavy atom. The van der Waals surface area contributed by atoms with Crippen LogP contribution in [-0.2, 0) is 20.9 Å². The standard InChI is InChI=1S/C24H18FN3O6/c25-17-8-6-16(7-9-17)23-27-28(24(31)34-23)14-22(30)32-15-21(29)26-18-10-12-20(13-11-18)33-19-4-2-1-3-5-19/h1-13H,14-15H2,(H,26,29). The number of nitrogens with zero attached hydrogens (tertiary/aromatic N) is 2. The van der Waals surface area contributed by atoms with E-state index in [1.165, 1.54) is 24.3 Å². The van der Waals surface area contributed by atoms with Crippen LogP contribution in [0.2, 0.25) is 0 Å². The molecule has 3 aromatic carbocycles. The zero-order chi connectivity index (χ0) is 23.9. The van der Waals surface area contributed by atoms with Crippen molar-refractivity contribution in [3.8, 4) is 23.0 Å². The summed E-state index contributed by atoms with van der Waals surface area (Å²) in [5.74, 6) is -1.57. The summed E-state index contributed by atoms with van der Waals surface area (Å²) in [7, 11) is 0. The average Bonchev–Trinajstić information content (AvgIpc) is 3.20. The number of nitrogens with one attached hydrogen (secondary N) is 1. The molecule has 1 heterocycles. The second kappa shape index (κ2) is 10.3. The van der Waals surface area contributed by atoms with Crippen LogP contribution in [0, 0.1) is 5.82 Å². The van der Waals surface area contributed by atoms with Crippen molar-refractivity contribution in [3.05, 3.63) is 95.2 Å². The van der Waals surface area contributed by atoms with Crippen molar-refractivity contribution in [2.24, 2.45) is 0 Å². The number of anilines is 1. The first-order valence-corrected chi connectivity index (χ1v) is 10.1. The Morgan fingerprint density at radius 3 is 2.32 bits per heavy atom. The van der Waals surface area contributed by atoms with Crippen molar-refractivity contribution in [1.82, 2.24) is 9.78 Å². The number of hydrogen-bond donors (Lipinski definition) is 1. The lowest BCUT2D eigenvalue weighted by Crippen LogP contribution is -2.26. The Balaban J connectivity index is 1.26. The van der Waals surface area contributed by atoms with E-state index in [2.05, 4.69) is 10.4 Å². The maximum atomic E-state index is 13.0. The van der Waals surface area contributed by atoms with Crippen LogP contribution in [0.5, 0.6) is 11.5 Å². The summed E-state index contributed by atoms with van der Waals surface area (Å²) in [6.45, 7) is -1.11. The molecule has 9 nitrogen and oxygen atoms in total. The van der Waals surface area contributed by atoms with Gasteiger partial charge in [-0.1, -0.05) is 18.2 Å². The predicted octanol–water partition coefficient (Wildman–Crippen LogP) is 3.62. The molecule has 0 saturated carbocycles. The molecule has 1 N–H and O–H groups in total. The zero-order valence-corrected chi connectivity index (χ0v) is 17.6. The summed E-state index contributed by atoms with van der Waals surface area (Å²) >= 11 is 0. The van der Waals surface area contributed by atoms with Crippen LogP contribution < -0.4 is 15.8 Å². The topological polar surface area (TPSA) is 113 Å². The molecule has 0 saturated heterocycles. The summed E-state index contributed by atoms with van der Waals surface area (Å²) in [6, 6.07) is 21.0. The molecule has 0 aliphatic rings. The Morgan fingerprint density at radius 1 is 0.941 bits per heavy atom. The minimum Gasteiger partial charge on any atom is -0.457 e. The van der Waals surface area contributed by atoms with E-state index in [1.807, 2.05) is 30.3 Å². The zero-order valence-electron chi connectivity index (χ0n) is 17.6. The lowest BCUT2D eigenvalue weighted by molar-refractivity contribution is -0.148. The van der Waals surface area contributed by atoms with Crippen molar-refractivity contribution in [3.63, 3.8) is 0 Å². The molecule has 0 aliphatic heterocycles. The average molecular weight is 463 g/mol.